The van der Waals surface area contributed by atoms with Gasteiger partial charge < -0.3 is 5.73 Å². The Morgan fingerprint density at radius 1 is 1.43 bits per heavy atom. The van der Waals surface area contributed by atoms with Crippen molar-refractivity contribution in [3.05, 3.63) is 30.0 Å². The number of fused-ring (bicyclic) bond motifs is 1. The van der Waals surface area contributed by atoms with Crippen LogP contribution in [0.2, 0.25) is 0 Å². The van der Waals surface area contributed by atoms with Gasteiger partial charge in [-0.2, -0.15) is 5.10 Å². The topological polar surface area (TPSA) is 43.8 Å². The van der Waals surface area contributed by atoms with Crippen molar-refractivity contribution in [3.63, 3.8) is 0 Å². The Morgan fingerprint density at radius 3 is 3.07 bits per heavy atom. The monoisotopic (exact) mass is 189 g/mol. The summed E-state index contributed by atoms with van der Waals surface area (Å²) < 4.78 is 2.02. The Labute approximate surface area is 83.5 Å². The number of nitrogens with two attached hydrogens (primary N) is 1. The Morgan fingerprint density at radius 2 is 2.29 bits per heavy atom. The molecule has 0 aliphatic rings. The van der Waals surface area contributed by atoms with Crippen LogP contribution in [0.25, 0.3) is 10.9 Å². The van der Waals surface area contributed by atoms with Crippen molar-refractivity contribution in [1.82, 2.24) is 9.78 Å². The van der Waals surface area contributed by atoms with Crippen LogP contribution < -0.4 is 5.73 Å². The SMILES string of the molecule is Cc1ccc2c(cnn2CCCN)c1. The molecule has 0 radical (unpaired) electrons. The molecular formula is C11H15N3. The lowest BCUT2D eigenvalue weighted by molar-refractivity contribution is 0.602. The molecule has 0 spiro atoms. The second-order valence-corrected chi connectivity index (χ2v) is 3.57. The van der Waals surface area contributed by atoms with Crippen LogP contribution in [-0.4, -0.2) is 16.3 Å². The van der Waals surface area contributed by atoms with Crippen LogP contribution in [-0.2, 0) is 6.54 Å². The molecule has 2 rings (SSSR count). The van der Waals surface area contributed by atoms with Gasteiger partial charge in [-0.15, -0.1) is 0 Å². The molecule has 0 amide bonds. The van der Waals surface area contributed by atoms with E-state index in [-0.39, 0.29) is 0 Å². The molecule has 2 aromatic rings. The van der Waals surface area contributed by atoms with Crippen molar-refractivity contribution in [2.24, 2.45) is 5.73 Å². The molecular weight excluding hydrogens is 174 g/mol. The Hall–Kier alpha value is -1.35. The number of benzene rings is 1. The van der Waals surface area contributed by atoms with Crippen LogP contribution in [0.1, 0.15) is 12.0 Å². The highest BCUT2D eigenvalue weighted by molar-refractivity contribution is 5.79. The number of nitrogens with zero attached hydrogens (tertiary/aromatic N) is 2. The number of hydrogen-bond donors (Lipinski definition) is 1. The molecule has 14 heavy (non-hydrogen) atoms. The first-order valence-electron chi connectivity index (χ1n) is 4.93. The van der Waals surface area contributed by atoms with E-state index in [1.807, 2.05) is 10.9 Å². The van der Waals surface area contributed by atoms with Gasteiger partial charge in [0.05, 0.1) is 11.7 Å². The minimum atomic E-state index is 0.715. The Kier molecular flexibility index (Phi) is 2.50. The van der Waals surface area contributed by atoms with Crippen molar-refractivity contribution < 1.29 is 0 Å². The van der Waals surface area contributed by atoms with Crippen LogP contribution in [0.3, 0.4) is 0 Å². The molecule has 1 aromatic heterocycles. The van der Waals surface area contributed by atoms with Gasteiger partial charge in [0.2, 0.25) is 0 Å². The van der Waals surface area contributed by atoms with Crippen LogP contribution in [0, 0.1) is 6.92 Å². The molecule has 0 aliphatic carbocycles. The molecule has 0 aliphatic heterocycles. The van der Waals surface area contributed by atoms with E-state index in [2.05, 4.69) is 30.2 Å². The molecule has 3 nitrogen and oxygen atoms in total. The van der Waals surface area contributed by atoms with Crippen LogP contribution in [0.5, 0.6) is 0 Å². The lowest BCUT2D eigenvalue weighted by atomic mass is 10.2. The minimum absolute atomic E-state index is 0.715. The maximum Gasteiger partial charge on any atom is 0.0682 e. The molecule has 2 N–H and O–H groups in total. The van der Waals surface area contributed by atoms with Crippen LogP contribution >= 0.6 is 0 Å². The lowest BCUT2D eigenvalue weighted by Crippen LogP contribution is -2.06. The first-order valence-corrected chi connectivity index (χ1v) is 4.93. The minimum Gasteiger partial charge on any atom is -0.330 e. The second kappa shape index (κ2) is 3.80. The summed E-state index contributed by atoms with van der Waals surface area (Å²) in [6.07, 6.45) is 2.89. The maximum atomic E-state index is 5.47. The summed E-state index contributed by atoms with van der Waals surface area (Å²) in [5.74, 6) is 0. The zero-order valence-electron chi connectivity index (χ0n) is 8.40. The normalized spacial score (nSPS) is 11.0. The summed E-state index contributed by atoms with van der Waals surface area (Å²) in [5, 5.41) is 5.55. The van der Waals surface area contributed by atoms with Gasteiger partial charge in [0, 0.05) is 11.9 Å². The van der Waals surface area contributed by atoms with E-state index in [1.165, 1.54) is 16.5 Å². The summed E-state index contributed by atoms with van der Waals surface area (Å²) in [5.41, 5.74) is 7.94. The van der Waals surface area contributed by atoms with Gasteiger partial charge >= 0.3 is 0 Å². The number of hydrogen-bond acceptors (Lipinski definition) is 2. The van der Waals surface area contributed by atoms with E-state index >= 15 is 0 Å². The Bertz CT molecular complexity index is 431. The molecule has 0 saturated heterocycles. The van der Waals surface area contributed by atoms with E-state index in [9.17, 15) is 0 Å². The standard InChI is InChI=1S/C11H15N3/c1-9-3-4-11-10(7-9)8-13-14(11)6-2-5-12/h3-4,7-8H,2,5-6,12H2,1H3. The van der Waals surface area contributed by atoms with E-state index in [0.717, 1.165) is 13.0 Å². The van der Waals surface area contributed by atoms with Crippen LogP contribution in [0.4, 0.5) is 0 Å². The third-order valence-electron chi connectivity index (χ3n) is 2.37. The van der Waals surface area contributed by atoms with Crippen molar-refractivity contribution in [3.8, 4) is 0 Å². The van der Waals surface area contributed by atoms with Crippen molar-refractivity contribution in [1.29, 1.82) is 0 Å². The van der Waals surface area contributed by atoms with Gasteiger partial charge in [-0.1, -0.05) is 11.6 Å². The average molecular weight is 189 g/mol. The van der Waals surface area contributed by atoms with E-state index in [1.54, 1.807) is 0 Å². The highest BCUT2D eigenvalue weighted by Gasteiger charge is 2.01. The summed E-state index contributed by atoms with van der Waals surface area (Å²) in [6.45, 7) is 3.72. The van der Waals surface area contributed by atoms with Gasteiger partial charge in [-0.25, -0.2) is 0 Å². The van der Waals surface area contributed by atoms with Gasteiger partial charge in [-0.05, 0) is 32.0 Å². The van der Waals surface area contributed by atoms with Gasteiger partial charge in [0.1, 0.15) is 0 Å². The average Bonchev–Trinajstić information content (AvgIpc) is 2.57. The highest BCUT2D eigenvalue weighted by Crippen LogP contribution is 2.15. The highest BCUT2D eigenvalue weighted by atomic mass is 15.3. The van der Waals surface area contributed by atoms with E-state index in [4.69, 9.17) is 5.73 Å². The fourth-order valence-electron chi connectivity index (χ4n) is 1.63. The smallest absolute Gasteiger partial charge is 0.0682 e. The molecule has 0 fully saturated rings. The molecule has 1 aromatic carbocycles. The number of rotatable bonds is 3. The van der Waals surface area contributed by atoms with Gasteiger partial charge in [-0.3, -0.25) is 4.68 Å². The second-order valence-electron chi connectivity index (χ2n) is 3.57. The van der Waals surface area contributed by atoms with Crippen LogP contribution in [0.15, 0.2) is 24.4 Å². The summed E-state index contributed by atoms with van der Waals surface area (Å²) in [7, 11) is 0. The van der Waals surface area contributed by atoms with Crippen molar-refractivity contribution >= 4 is 10.9 Å². The zero-order chi connectivity index (χ0) is 9.97. The number of aryl methyl sites for hydroxylation is 2. The third-order valence-corrected chi connectivity index (χ3v) is 2.37. The van der Waals surface area contributed by atoms with E-state index in [0.29, 0.717) is 6.54 Å². The largest absolute Gasteiger partial charge is 0.330 e. The molecule has 0 bridgehead atoms. The van der Waals surface area contributed by atoms with Gasteiger partial charge in [0.25, 0.3) is 0 Å². The summed E-state index contributed by atoms with van der Waals surface area (Å²) in [4.78, 5) is 0. The summed E-state index contributed by atoms with van der Waals surface area (Å²) >= 11 is 0. The molecule has 74 valence electrons. The fraction of sp³-hybridized carbons (Fsp3) is 0.364. The zero-order valence-corrected chi connectivity index (χ0v) is 8.40. The number of aromatic nitrogens is 2. The fourth-order valence-corrected chi connectivity index (χ4v) is 1.63. The van der Waals surface area contributed by atoms with Gasteiger partial charge in [0.15, 0.2) is 0 Å². The molecule has 0 atom stereocenters. The van der Waals surface area contributed by atoms with Crippen molar-refractivity contribution in [2.45, 2.75) is 19.9 Å². The van der Waals surface area contributed by atoms with E-state index < -0.39 is 0 Å². The summed E-state index contributed by atoms with van der Waals surface area (Å²) in [6, 6.07) is 6.39. The van der Waals surface area contributed by atoms with Crippen molar-refractivity contribution in [2.75, 3.05) is 6.54 Å². The molecule has 3 heteroatoms. The predicted molar refractivity (Wildman–Crippen MR) is 58.1 cm³/mol. The predicted octanol–water partition coefficient (Wildman–Crippen LogP) is 1.69. The molecule has 1 heterocycles. The molecule has 0 saturated carbocycles. The first-order chi connectivity index (χ1) is 6.81. The Balaban J connectivity index is 2.37. The quantitative estimate of drug-likeness (QED) is 0.798. The molecule has 0 unspecified atom stereocenters. The maximum absolute atomic E-state index is 5.47. The first kappa shape index (κ1) is 9.21. The lowest BCUT2D eigenvalue weighted by Gasteiger charge is -2.01. The third kappa shape index (κ3) is 1.63.